The molecule has 1 atom stereocenters. The first-order valence-corrected chi connectivity index (χ1v) is 9.13. The van der Waals surface area contributed by atoms with Crippen molar-refractivity contribution in [1.82, 2.24) is 9.80 Å². The lowest BCUT2D eigenvalue weighted by molar-refractivity contribution is -0.129. The number of hydrogen-bond acceptors (Lipinski definition) is 6. The lowest BCUT2D eigenvalue weighted by Gasteiger charge is -2.28. The molecule has 0 aliphatic carbocycles. The normalized spacial score (nSPS) is 16.9. The predicted octanol–water partition coefficient (Wildman–Crippen LogP) is 2.82. The molecule has 0 saturated heterocycles. The third-order valence-corrected chi connectivity index (χ3v) is 4.59. The molecule has 1 aromatic carbocycles. The van der Waals surface area contributed by atoms with Gasteiger partial charge in [-0.15, -0.1) is 0 Å². The van der Waals surface area contributed by atoms with E-state index >= 15 is 0 Å². The number of carbonyl (C=O) groups is 2. The molecule has 1 aliphatic rings. The van der Waals surface area contributed by atoms with Gasteiger partial charge in [-0.3, -0.25) is 9.59 Å². The van der Waals surface area contributed by atoms with Gasteiger partial charge in [-0.05, 0) is 50.8 Å². The Kier molecular flexibility index (Phi) is 5.84. The minimum atomic E-state index is -0.694. The van der Waals surface area contributed by atoms with Gasteiger partial charge in [0.2, 0.25) is 5.78 Å². The summed E-state index contributed by atoms with van der Waals surface area (Å²) in [6.07, 6.45) is 1.39. The van der Waals surface area contributed by atoms with Crippen LogP contribution < -0.4 is 4.74 Å². The quantitative estimate of drug-likeness (QED) is 0.705. The number of aliphatic hydroxyl groups excluding tert-OH is 1. The maximum absolute atomic E-state index is 13.0. The summed E-state index contributed by atoms with van der Waals surface area (Å²) in [5, 5.41) is 10.5. The molecule has 28 heavy (non-hydrogen) atoms. The second-order valence-electron chi connectivity index (χ2n) is 6.78. The Hall–Kier alpha value is -3.06. The third-order valence-electron chi connectivity index (χ3n) is 4.59. The smallest absolute Gasteiger partial charge is 0.290 e. The fourth-order valence-corrected chi connectivity index (χ4v) is 3.22. The van der Waals surface area contributed by atoms with E-state index in [1.54, 1.807) is 30.3 Å². The van der Waals surface area contributed by atoms with Crippen LogP contribution in [0.1, 0.15) is 29.1 Å². The summed E-state index contributed by atoms with van der Waals surface area (Å²) >= 11 is 0. The predicted molar refractivity (Wildman–Crippen MR) is 103 cm³/mol. The van der Waals surface area contributed by atoms with Crippen LogP contribution in [-0.4, -0.2) is 60.4 Å². The van der Waals surface area contributed by atoms with Crippen molar-refractivity contribution in [3.8, 4) is 5.75 Å². The maximum Gasteiger partial charge on any atom is 0.290 e. The van der Waals surface area contributed by atoms with Gasteiger partial charge >= 0.3 is 0 Å². The molecule has 0 fully saturated rings. The van der Waals surface area contributed by atoms with Gasteiger partial charge in [0, 0.05) is 13.1 Å². The van der Waals surface area contributed by atoms with Crippen molar-refractivity contribution < 1.29 is 23.8 Å². The van der Waals surface area contributed by atoms with Gasteiger partial charge in [0.1, 0.15) is 5.75 Å². The number of Topliss-reactive ketones (excluding diaryl/α,β-unsaturated/α-hetero) is 1. The minimum absolute atomic E-state index is 0.0304. The highest BCUT2D eigenvalue weighted by Gasteiger charge is 2.44. The van der Waals surface area contributed by atoms with E-state index < -0.39 is 23.5 Å². The zero-order chi connectivity index (χ0) is 20.3. The summed E-state index contributed by atoms with van der Waals surface area (Å²) < 4.78 is 10.7. The van der Waals surface area contributed by atoms with Crippen molar-refractivity contribution in [1.29, 1.82) is 0 Å². The van der Waals surface area contributed by atoms with E-state index in [9.17, 15) is 14.7 Å². The van der Waals surface area contributed by atoms with Gasteiger partial charge in [-0.2, -0.15) is 0 Å². The van der Waals surface area contributed by atoms with E-state index in [1.165, 1.54) is 17.2 Å². The fourth-order valence-electron chi connectivity index (χ4n) is 3.22. The van der Waals surface area contributed by atoms with Crippen LogP contribution in [0.15, 0.2) is 58.4 Å². The Morgan fingerprint density at radius 3 is 2.54 bits per heavy atom. The van der Waals surface area contributed by atoms with Crippen molar-refractivity contribution in [3.63, 3.8) is 0 Å². The molecular weight excluding hydrogens is 360 g/mol. The maximum atomic E-state index is 13.0. The highest BCUT2D eigenvalue weighted by atomic mass is 16.5. The second-order valence-corrected chi connectivity index (χ2v) is 6.78. The molecular formula is C21H24N2O5. The van der Waals surface area contributed by atoms with Crippen molar-refractivity contribution in [2.24, 2.45) is 0 Å². The van der Waals surface area contributed by atoms with Gasteiger partial charge in [-0.1, -0.05) is 12.1 Å². The third kappa shape index (κ3) is 3.80. The topological polar surface area (TPSA) is 83.2 Å². The zero-order valence-electron chi connectivity index (χ0n) is 16.2. The van der Waals surface area contributed by atoms with E-state index in [2.05, 4.69) is 0 Å². The first kappa shape index (κ1) is 19.7. The molecule has 0 bridgehead atoms. The van der Waals surface area contributed by atoms with Gasteiger partial charge in [0.05, 0.1) is 24.5 Å². The van der Waals surface area contributed by atoms with Gasteiger partial charge < -0.3 is 24.1 Å². The van der Waals surface area contributed by atoms with Crippen LogP contribution >= 0.6 is 0 Å². The number of ketones is 1. The highest BCUT2D eigenvalue weighted by Crippen LogP contribution is 2.39. The summed E-state index contributed by atoms with van der Waals surface area (Å²) in [6.45, 7) is 3.39. The highest BCUT2D eigenvalue weighted by molar-refractivity contribution is 6.15. The Morgan fingerprint density at radius 1 is 1.25 bits per heavy atom. The number of benzene rings is 1. The Labute approximate surface area is 163 Å². The molecule has 0 radical (unpaired) electrons. The first-order chi connectivity index (χ1) is 13.4. The number of carbonyl (C=O) groups excluding carboxylic acids is 2. The number of rotatable bonds is 8. The molecule has 0 saturated carbocycles. The van der Waals surface area contributed by atoms with Crippen molar-refractivity contribution in [2.75, 3.05) is 33.8 Å². The van der Waals surface area contributed by atoms with Crippen LogP contribution in [0.3, 0.4) is 0 Å². The molecule has 1 aliphatic heterocycles. The summed E-state index contributed by atoms with van der Waals surface area (Å²) in [4.78, 5) is 29.2. The molecule has 7 nitrogen and oxygen atoms in total. The average molecular weight is 384 g/mol. The molecule has 1 N–H and O–H groups in total. The van der Waals surface area contributed by atoms with E-state index in [-0.39, 0.29) is 11.3 Å². The van der Waals surface area contributed by atoms with Gasteiger partial charge in [0.15, 0.2) is 11.5 Å². The van der Waals surface area contributed by atoms with Crippen LogP contribution in [0.4, 0.5) is 0 Å². The molecule has 2 heterocycles. The fraction of sp³-hybridized carbons (Fsp3) is 0.333. The summed E-state index contributed by atoms with van der Waals surface area (Å²) in [5.74, 6) is -0.806. The van der Waals surface area contributed by atoms with E-state index in [0.717, 1.165) is 5.56 Å². The van der Waals surface area contributed by atoms with E-state index in [1.807, 2.05) is 25.9 Å². The number of aliphatic hydroxyl groups is 1. The Balaban J connectivity index is 2.01. The Bertz CT molecular complexity index is 869. The Morgan fingerprint density at radius 2 is 1.96 bits per heavy atom. The minimum Gasteiger partial charge on any atom is -0.503 e. The lowest BCUT2D eigenvalue weighted by atomic mass is 9.95. The van der Waals surface area contributed by atoms with Crippen LogP contribution in [-0.2, 0) is 4.79 Å². The number of ether oxygens (including phenoxy) is 1. The molecule has 0 spiro atoms. The molecule has 0 unspecified atom stereocenters. The van der Waals surface area contributed by atoms with E-state index in [4.69, 9.17) is 9.15 Å². The summed E-state index contributed by atoms with van der Waals surface area (Å²) in [6, 6.07) is 9.61. The zero-order valence-corrected chi connectivity index (χ0v) is 16.2. The van der Waals surface area contributed by atoms with Crippen LogP contribution in [0.2, 0.25) is 0 Å². The molecule has 3 rings (SSSR count). The van der Waals surface area contributed by atoms with Crippen molar-refractivity contribution in [2.45, 2.75) is 13.0 Å². The molecule has 2 aromatic rings. The standard InChI is InChI=1S/C21H24N2O5/c1-4-27-15-9-7-14(8-10-15)18-17(19(24)16-6-5-13-28-16)20(25)21(26)23(18)12-11-22(2)3/h5-10,13,18,25H,4,11-12H2,1-3H3/t18-/m0/s1. The summed E-state index contributed by atoms with van der Waals surface area (Å²) in [5.41, 5.74) is 0.748. The van der Waals surface area contributed by atoms with Crippen LogP contribution in [0.5, 0.6) is 5.75 Å². The van der Waals surface area contributed by atoms with Gasteiger partial charge in [0.25, 0.3) is 5.91 Å². The number of amides is 1. The number of hydrogen-bond donors (Lipinski definition) is 1. The van der Waals surface area contributed by atoms with Crippen molar-refractivity contribution >= 4 is 11.7 Å². The lowest BCUT2D eigenvalue weighted by Crippen LogP contribution is -2.36. The number of nitrogens with zero attached hydrogens (tertiary/aromatic N) is 2. The molecule has 148 valence electrons. The monoisotopic (exact) mass is 384 g/mol. The molecule has 7 heteroatoms. The number of furan rings is 1. The van der Waals surface area contributed by atoms with Crippen molar-refractivity contribution in [3.05, 3.63) is 65.3 Å². The largest absolute Gasteiger partial charge is 0.503 e. The molecule has 1 aromatic heterocycles. The van der Waals surface area contributed by atoms with Crippen LogP contribution in [0, 0.1) is 0 Å². The number of likely N-dealkylation sites (N-methyl/N-ethyl adjacent to an activating group) is 1. The average Bonchev–Trinajstić information content (AvgIpc) is 3.29. The van der Waals surface area contributed by atoms with E-state index in [0.29, 0.717) is 25.4 Å². The van der Waals surface area contributed by atoms with Crippen LogP contribution in [0.25, 0.3) is 0 Å². The first-order valence-electron chi connectivity index (χ1n) is 9.13. The SMILES string of the molecule is CCOc1ccc([C@H]2C(C(=O)c3ccco3)=C(O)C(=O)N2CCN(C)C)cc1. The van der Waals surface area contributed by atoms with Gasteiger partial charge in [-0.25, -0.2) is 0 Å². The summed E-state index contributed by atoms with van der Waals surface area (Å²) in [7, 11) is 3.79. The molecule has 1 amide bonds. The second kappa shape index (κ2) is 8.31.